The summed E-state index contributed by atoms with van der Waals surface area (Å²) < 4.78 is 19.1. The van der Waals surface area contributed by atoms with Crippen LogP contribution in [0.4, 0.5) is 9.18 Å². The summed E-state index contributed by atoms with van der Waals surface area (Å²) in [4.78, 5) is 52.7. The molecule has 0 unspecified atom stereocenters. The maximum atomic E-state index is 14.0. The van der Waals surface area contributed by atoms with Crippen LogP contribution >= 0.6 is 22.9 Å². The minimum atomic E-state index is -1.06. The lowest BCUT2D eigenvalue weighted by Gasteiger charge is -2.38. The molecule has 2 amide bonds. The second-order valence-electron chi connectivity index (χ2n) is 10.8. The maximum Gasteiger partial charge on any atom is 0.338 e. The number of urea groups is 1. The van der Waals surface area contributed by atoms with Crippen LogP contribution in [0, 0.1) is 17.7 Å². The van der Waals surface area contributed by atoms with Gasteiger partial charge in [-0.2, -0.15) is 0 Å². The number of hydrogen-bond acceptors (Lipinski definition) is 9. The summed E-state index contributed by atoms with van der Waals surface area (Å²) in [7, 11) is 1.29. The summed E-state index contributed by atoms with van der Waals surface area (Å²) in [5.74, 6) is 4.13. The van der Waals surface area contributed by atoms with Crippen LogP contribution in [0.1, 0.15) is 32.5 Å². The molecule has 0 saturated carbocycles. The number of aliphatic imine (C=N–C) groups is 1. The van der Waals surface area contributed by atoms with E-state index in [1.807, 2.05) is 10.3 Å². The minimum Gasteiger partial charge on any atom is -0.478 e. The third-order valence-corrected chi connectivity index (χ3v) is 9.08. The number of benzene rings is 2. The lowest BCUT2D eigenvalue weighted by Crippen LogP contribution is -2.53. The van der Waals surface area contributed by atoms with E-state index in [9.17, 15) is 23.9 Å². The van der Waals surface area contributed by atoms with Gasteiger partial charge in [0.2, 0.25) is 0 Å². The molecule has 3 aliphatic heterocycles. The molecule has 1 aromatic heterocycles. The van der Waals surface area contributed by atoms with Crippen LogP contribution in [-0.2, 0) is 9.53 Å². The van der Waals surface area contributed by atoms with Crippen molar-refractivity contribution in [3.8, 4) is 11.8 Å². The van der Waals surface area contributed by atoms with Crippen LogP contribution < -0.4 is 5.32 Å². The van der Waals surface area contributed by atoms with Crippen molar-refractivity contribution in [1.82, 2.24) is 25.0 Å². The second kappa shape index (κ2) is 13.3. The Balaban J connectivity index is 1.22. The van der Waals surface area contributed by atoms with Gasteiger partial charge in [0.25, 0.3) is 0 Å². The Hall–Kier alpha value is -4.77. The van der Waals surface area contributed by atoms with Crippen LogP contribution in [-0.4, -0.2) is 101 Å². The van der Waals surface area contributed by atoms with Crippen molar-refractivity contribution in [2.75, 3.05) is 46.4 Å². The van der Waals surface area contributed by atoms with Gasteiger partial charge in [-0.15, -0.1) is 11.3 Å². The number of aromatic carboxylic acids is 1. The fourth-order valence-electron chi connectivity index (χ4n) is 5.82. The molecular formula is C32H28ClFN6O5S. The van der Waals surface area contributed by atoms with Crippen LogP contribution in [0.2, 0.25) is 5.02 Å². The molecule has 2 saturated heterocycles. The molecule has 0 aliphatic carbocycles. The zero-order valence-electron chi connectivity index (χ0n) is 24.6. The lowest BCUT2D eigenvalue weighted by atomic mass is 9.95. The number of esters is 1. The van der Waals surface area contributed by atoms with Crippen molar-refractivity contribution >= 4 is 46.7 Å². The van der Waals surface area contributed by atoms with Gasteiger partial charge in [-0.25, -0.2) is 23.8 Å². The van der Waals surface area contributed by atoms with Gasteiger partial charge < -0.3 is 25.0 Å². The number of fused-ring (bicyclic) bond motifs is 1. The molecule has 2 aromatic carbocycles. The highest BCUT2D eigenvalue weighted by Crippen LogP contribution is 2.37. The summed E-state index contributed by atoms with van der Waals surface area (Å²) in [5.41, 5.74) is 1.75. The molecule has 6 rings (SSSR count). The van der Waals surface area contributed by atoms with E-state index in [1.165, 1.54) is 42.7 Å². The van der Waals surface area contributed by atoms with Crippen LogP contribution in [0.25, 0.3) is 0 Å². The molecule has 0 radical (unpaired) electrons. The Bertz CT molecular complexity index is 1820. The van der Waals surface area contributed by atoms with Crippen molar-refractivity contribution in [2.45, 2.75) is 12.1 Å². The lowest BCUT2D eigenvalue weighted by molar-refractivity contribution is -0.136. The quantitative estimate of drug-likeness (QED) is 0.290. The molecule has 3 aromatic rings. The van der Waals surface area contributed by atoms with Crippen molar-refractivity contribution in [2.24, 2.45) is 4.99 Å². The van der Waals surface area contributed by atoms with Gasteiger partial charge in [-0.1, -0.05) is 41.6 Å². The molecule has 0 spiro atoms. The number of rotatable bonds is 7. The summed E-state index contributed by atoms with van der Waals surface area (Å²) in [6.45, 7) is 2.46. The summed E-state index contributed by atoms with van der Waals surface area (Å²) >= 11 is 7.84. The first kappa shape index (κ1) is 31.2. The number of amides is 2. The Morgan fingerprint density at radius 3 is 2.78 bits per heavy atom. The molecule has 2 N–H and O–H groups in total. The third kappa shape index (κ3) is 6.32. The number of carbonyl (C=O) groups excluding carboxylic acids is 2. The number of carboxylic acids is 1. The van der Waals surface area contributed by atoms with E-state index < -0.39 is 23.8 Å². The number of hydrogen-bond donors (Lipinski definition) is 2. The zero-order valence-corrected chi connectivity index (χ0v) is 26.1. The number of ether oxygens (including phenoxy) is 1. The highest BCUT2D eigenvalue weighted by Gasteiger charge is 2.41. The molecule has 3 aliphatic rings. The topological polar surface area (TPSA) is 128 Å². The van der Waals surface area contributed by atoms with Gasteiger partial charge >= 0.3 is 18.0 Å². The molecular weight excluding hydrogens is 635 g/mol. The van der Waals surface area contributed by atoms with Gasteiger partial charge in [0.15, 0.2) is 10.8 Å². The maximum absolute atomic E-state index is 14.0. The van der Waals surface area contributed by atoms with Crippen molar-refractivity contribution in [3.63, 3.8) is 0 Å². The van der Waals surface area contributed by atoms with Gasteiger partial charge in [-0.3, -0.25) is 9.89 Å². The van der Waals surface area contributed by atoms with E-state index in [-0.39, 0.29) is 34.8 Å². The largest absolute Gasteiger partial charge is 0.478 e. The first-order chi connectivity index (χ1) is 22.2. The summed E-state index contributed by atoms with van der Waals surface area (Å²) in [6.07, 6.45) is 1.65. The highest BCUT2D eigenvalue weighted by atomic mass is 35.5. The fraction of sp³-hybridized carbons (Fsp3) is 0.281. The number of aromatic nitrogens is 1. The van der Waals surface area contributed by atoms with E-state index in [4.69, 9.17) is 21.3 Å². The fourth-order valence-corrected chi connectivity index (χ4v) is 6.68. The SMILES string of the molecule is COC(=O)C1=C(CN2CCN3C(=O)N(CC#Cc4ccccc4C(=O)O)C[C@@H]3C2)NC(c2nccs2)=N[C@H]1c1ccc(F)cc1Cl. The van der Waals surface area contributed by atoms with E-state index in [0.717, 1.165) is 0 Å². The van der Waals surface area contributed by atoms with Gasteiger partial charge in [0, 0.05) is 66.1 Å². The van der Waals surface area contributed by atoms with Gasteiger partial charge in [-0.05, 0) is 24.3 Å². The smallest absolute Gasteiger partial charge is 0.338 e. The van der Waals surface area contributed by atoms with Gasteiger partial charge in [0.05, 0.1) is 30.8 Å². The number of halogens is 2. The monoisotopic (exact) mass is 662 g/mol. The first-order valence-corrected chi connectivity index (χ1v) is 15.6. The van der Waals surface area contributed by atoms with Crippen molar-refractivity contribution in [1.29, 1.82) is 0 Å². The number of carbonyl (C=O) groups is 3. The molecule has 4 heterocycles. The van der Waals surface area contributed by atoms with Crippen LogP contribution in [0.3, 0.4) is 0 Å². The number of nitrogens with zero attached hydrogens (tertiary/aromatic N) is 5. The van der Waals surface area contributed by atoms with Crippen LogP contribution in [0.15, 0.2) is 70.3 Å². The van der Waals surface area contributed by atoms with Crippen LogP contribution in [0.5, 0.6) is 0 Å². The number of thiazole rings is 1. The van der Waals surface area contributed by atoms with Gasteiger partial charge in [0.1, 0.15) is 11.9 Å². The number of methoxy groups -OCH3 is 1. The second-order valence-corrected chi connectivity index (χ2v) is 12.1. The number of carboxylic acid groups (broad SMARTS) is 1. The first-order valence-electron chi connectivity index (χ1n) is 14.3. The predicted molar refractivity (Wildman–Crippen MR) is 169 cm³/mol. The number of piperazine rings is 1. The van der Waals surface area contributed by atoms with E-state index in [0.29, 0.717) is 60.4 Å². The molecule has 2 fully saturated rings. The average Bonchev–Trinajstić information content (AvgIpc) is 3.69. The molecule has 14 heteroatoms. The Kier molecular flexibility index (Phi) is 9.03. The average molecular weight is 663 g/mol. The number of amidine groups is 1. The normalized spacial score (nSPS) is 19.6. The Morgan fingerprint density at radius 1 is 1.22 bits per heavy atom. The van der Waals surface area contributed by atoms with E-state index >= 15 is 0 Å². The molecule has 0 bridgehead atoms. The van der Waals surface area contributed by atoms with E-state index in [1.54, 1.807) is 29.3 Å². The Morgan fingerprint density at radius 2 is 2.04 bits per heavy atom. The highest BCUT2D eigenvalue weighted by molar-refractivity contribution is 7.11. The molecule has 11 nitrogen and oxygen atoms in total. The summed E-state index contributed by atoms with van der Waals surface area (Å²) in [5, 5.41) is 15.3. The predicted octanol–water partition coefficient (Wildman–Crippen LogP) is 3.63. The number of nitrogens with one attached hydrogen (secondary N) is 1. The molecule has 2 atom stereocenters. The third-order valence-electron chi connectivity index (χ3n) is 7.97. The molecule has 46 heavy (non-hydrogen) atoms. The standard InChI is InChI=1S/C32H28ClFN6O5S/c1-45-31(43)26-25(36-28(29-35-10-14-46-29)37-27(26)23-9-8-20(34)15-24(23)33)18-38-12-13-40-21(16-38)17-39(32(40)44)11-4-6-19-5-2-3-7-22(19)30(41)42/h2-3,5,7-10,14-15,21,27H,11-13,16-18H2,1H3,(H,36,37)(H,41,42)/t21-,27-/m0/s1. The Labute approximate surface area is 272 Å². The summed E-state index contributed by atoms with van der Waals surface area (Å²) in [6, 6.07) is 9.34. The van der Waals surface area contributed by atoms with Crippen molar-refractivity contribution < 1.29 is 28.6 Å². The van der Waals surface area contributed by atoms with E-state index in [2.05, 4.69) is 27.0 Å². The minimum absolute atomic E-state index is 0.111. The zero-order chi connectivity index (χ0) is 32.4. The van der Waals surface area contributed by atoms with Crippen molar-refractivity contribution in [3.05, 3.63) is 97.8 Å². The molecule has 236 valence electrons.